The number of hydrogen-bond donors (Lipinski definition) is 1. The molecule has 1 heterocycles. The highest BCUT2D eigenvalue weighted by atomic mass is 16.5. The molecule has 5 heteroatoms. The van der Waals surface area contributed by atoms with Gasteiger partial charge in [0, 0.05) is 24.7 Å². The van der Waals surface area contributed by atoms with Crippen LogP contribution in [0.2, 0.25) is 0 Å². The Morgan fingerprint density at radius 1 is 1.15 bits per heavy atom. The standard InChI is InChI=1S/C22H28N2O3/c1-26-20-10-11-21(27-2)18(13-20)14-22(25)23-19-9-6-12-24(16-19)15-17-7-4-3-5-8-17/h3-5,7-8,10-11,13,19H,6,9,12,14-16H2,1-2H3,(H,23,25). The van der Waals surface area contributed by atoms with Crippen LogP contribution in [0.15, 0.2) is 48.5 Å². The predicted molar refractivity (Wildman–Crippen MR) is 106 cm³/mol. The summed E-state index contributed by atoms with van der Waals surface area (Å²) in [7, 11) is 3.24. The van der Waals surface area contributed by atoms with E-state index in [2.05, 4.69) is 34.5 Å². The van der Waals surface area contributed by atoms with Gasteiger partial charge in [0.1, 0.15) is 11.5 Å². The molecule has 1 aliphatic heterocycles. The summed E-state index contributed by atoms with van der Waals surface area (Å²) in [5.41, 5.74) is 2.15. The first-order valence-electron chi connectivity index (χ1n) is 9.44. The molecule has 2 aromatic carbocycles. The predicted octanol–water partition coefficient (Wildman–Crippen LogP) is 3.03. The molecule has 1 saturated heterocycles. The lowest BCUT2D eigenvalue weighted by atomic mass is 10.0. The van der Waals surface area contributed by atoms with E-state index in [1.165, 1.54) is 5.56 Å². The van der Waals surface area contributed by atoms with E-state index in [0.29, 0.717) is 5.75 Å². The summed E-state index contributed by atoms with van der Waals surface area (Å²) in [6.45, 7) is 2.89. The van der Waals surface area contributed by atoms with E-state index in [9.17, 15) is 4.79 Å². The zero-order valence-corrected chi connectivity index (χ0v) is 16.1. The summed E-state index contributed by atoms with van der Waals surface area (Å²) in [6, 6.07) is 16.2. The number of hydrogen-bond acceptors (Lipinski definition) is 4. The summed E-state index contributed by atoms with van der Waals surface area (Å²) in [4.78, 5) is 15.0. The lowest BCUT2D eigenvalue weighted by molar-refractivity contribution is -0.121. The second kappa shape index (κ2) is 9.42. The normalized spacial score (nSPS) is 17.3. The van der Waals surface area contributed by atoms with Crippen LogP contribution in [0, 0.1) is 0 Å². The molecule has 0 spiro atoms. The highest BCUT2D eigenvalue weighted by Gasteiger charge is 2.22. The van der Waals surface area contributed by atoms with Crippen LogP contribution >= 0.6 is 0 Å². The summed E-state index contributed by atoms with van der Waals surface area (Å²) >= 11 is 0. The molecule has 1 amide bonds. The van der Waals surface area contributed by atoms with E-state index < -0.39 is 0 Å². The molecule has 27 heavy (non-hydrogen) atoms. The van der Waals surface area contributed by atoms with Crippen molar-refractivity contribution in [3.63, 3.8) is 0 Å². The van der Waals surface area contributed by atoms with Crippen LogP contribution in [-0.2, 0) is 17.8 Å². The number of amides is 1. The number of nitrogens with one attached hydrogen (secondary N) is 1. The van der Waals surface area contributed by atoms with Crippen molar-refractivity contribution in [1.82, 2.24) is 10.2 Å². The highest BCUT2D eigenvalue weighted by Crippen LogP contribution is 2.24. The van der Waals surface area contributed by atoms with E-state index in [4.69, 9.17) is 9.47 Å². The van der Waals surface area contributed by atoms with Crippen molar-refractivity contribution < 1.29 is 14.3 Å². The smallest absolute Gasteiger partial charge is 0.224 e. The number of ether oxygens (including phenoxy) is 2. The van der Waals surface area contributed by atoms with Gasteiger partial charge in [-0.3, -0.25) is 9.69 Å². The molecule has 0 saturated carbocycles. The zero-order chi connectivity index (χ0) is 19.1. The number of rotatable bonds is 7. The van der Waals surface area contributed by atoms with Gasteiger partial charge in [-0.1, -0.05) is 30.3 Å². The molecule has 1 fully saturated rings. The van der Waals surface area contributed by atoms with Crippen LogP contribution in [0.4, 0.5) is 0 Å². The van der Waals surface area contributed by atoms with Crippen molar-refractivity contribution in [2.45, 2.75) is 31.8 Å². The van der Waals surface area contributed by atoms with Gasteiger partial charge >= 0.3 is 0 Å². The van der Waals surface area contributed by atoms with Gasteiger partial charge in [-0.15, -0.1) is 0 Å². The Morgan fingerprint density at radius 2 is 1.96 bits per heavy atom. The van der Waals surface area contributed by atoms with Crippen LogP contribution in [0.5, 0.6) is 11.5 Å². The molecule has 0 aliphatic carbocycles. The first-order chi connectivity index (χ1) is 13.2. The molecule has 0 aromatic heterocycles. The number of likely N-dealkylation sites (tertiary alicyclic amines) is 1. The molecule has 1 atom stereocenters. The summed E-state index contributed by atoms with van der Waals surface area (Å²) in [5, 5.41) is 3.19. The Labute approximate surface area is 161 Å². The van der Waals surface area contributed by atoms with Gasteiger partial charge in [0.2, 0.25) is 5.91 Å². The summed E-state index contributed by atoms with van der Waals surface area (Å²) in [5.74, 6) is 1.46. The Bertz CT molecular complexity index is 748. The molecule has 5 nitrogen and oxygen atoms in total. The number of benzene rings is 2. The molecule has 0 radical (unpaired) electrons. The average molecular weight is 368 g/mol. The third kappa shape index (κ3) is 5.47. The Balaban J connectivity index is 1.56. The van der Waals surface area contributed by atoms with E-state index in [-0.39, 0.29) is 18.4 Å². The molecule has 144 valence electrons. The fraction of sp³-hybridized carbons (Fsp3) is 0.409. The minimum absolute atomic E-state index is 0.0214. The summed E-state index contributed by atoms with van der Waals surface area (Å²) < 4.78 is 10.6. The summed E-state index contributed by atoms with van der Waals surface area (Å²) in [6.07, 6.45) is 2.40. The number of carbonyl (C=O) groups is 1. The number of piperidine rings is 1. The number of methoxy groups -OCH3 is 2. The SMILES string of the molecule is COc1ccc(OC)c(CC(=O)NC2CCCN(Cc3ccccc3)C2)c1. The van der Waals surface area contributed by atoms with Crippen LogP contribution in [-0.4, -0.2) is 44.2 Å². The van der Waals surface area contributed by atoms with Crippen LogP contribution in [0.3, 0.4) is 0 Å². The van der Waals surface area contributed by atoms with Gasteiger partial charge in [-0.25, -0.2) is 0 Å². The molecule has 0 bridgehead atoms. The zero-order valence-electron chi connectivity index (χ0n) is 16.1. The Hall–Kier alpha value is -2.53. The van der Waals surface area contributed by atoms with Gasteiger partial charge in [0.25, 0.3) is 0 Å². The lowest BCUT2D eigenvalue weighted by Gasteiger charge is -2.33. The van der Waals surface area contributed by atoms with Crippen LogP contribution in [0.1, 0.15) is 24.0 Å². The van der Waals surface area contributed by atoms with Crippen LogP contribution in [0.25, 0.3) is 0 Å². The van der Waals surface area contributed by atoms with Crippen molar-refractivity contribution >= 4 is 5.91 Å². The van der Waals surface area contributed by atoms with Crippen molar-refractivity contribution in [2.24, 2.45) is 0 Å². The topological polar surface area (TPSA) is 50.8 Å². The minimum Gasteiger partial charge on any atom is -0.497 e. The molecular weight excluding hydrogens is 340 g/mol. The van der Waals surface area contributed by atoms with E-state index in [1.807, 2.05) is 24.3 Å². The molecule has 1 N–H and O–H groups in total. The van der Waals surface area contributed by atoms with Gasteiger partial charge in [0.15, 0.2) is 0 Å². The van der Waals surface area contributed by atoms with Crippen molar-refractivity contribution in [1.29, 1.82) is 0 Å². The molecule has 3 rings (SSSR count). The van der Waals surface area contributed by atoms with Gasteiger partial charge < -0.3 is 14.8 Å². The maximum absolute atomic E-state index is 12.6. The first-order valence-corrected chi connectivity index (χ1v) is 9.44. The van der Waals surface area contributed by atoms with Crippen molar-refractivity contribution in [3.8, 4) is 11.5 Å². The fourth-order valence-electron chi connectivity index (χ4n) is 3.63. The minimum atomic E-state index is 0.0214. The van der Waals surface area contributed by atoms with Gasteiger partial charge in [-0.05, 0) is 43.1 Å². The Morgan fingerprint density at radius 3 is 2.70 bits per heavy atom. The number of nitrogens with zero attached hydrogens (tertiary/aromatic N) is 1. The van der Waals surface area contributed by atoms with Crippen LogP contribution < -0.4 is 14.8 Å². The van der Waals surface area contributed by atoms with Gasteiger partial charge in [-0.2, -0.15) is 0 Å². The maximum atomic E-state index is 12.6. The van der Waals surface area contributed by atoms with E-state index in [1.54, 1.807) is 14.2 Å². The maximum Gasteiger partial charge on any atom is 0.224 e. The fourth-order valence-corrected chi connectivity index (χ4v) is 3.63. The molecule has 1 aliphatic rings. The largest absolute Gasteiger partial charge is 0.497 e. The molecular formula is C22H28N2O3. The highest BCUT2D eigenvalue weighted by molar-refractivity contribution is 5.79. The van der Waals surface area contributed by atoms with Gasteiger partial charge in [0.05, 0.1) is 20.6 Å². The monoisotopic (exact) mass is 368 g/mol. The third-order valence-electron chi connectivity index (χ3n) is 4.96. The lowest BCUT2D eigenvalue weighted by Crippen LogP contribution is -2.47. The number of carbonyl (C=O) groups excluding carboxylic acids is 1. The van der Waals surface area contributed by atoms with E-state index in [0.717, 1.165) is 43.8 Å². The van der Waals surface area contributed by atoms with E-state index >= 15 is 0 Å². The second-order valence-electron chi connectivity index (χ2n) is 6.98. The molecule has 1 unspecified atom stereocenters. The Kier molecular flexibility index (Phi) is 6.71. The first kappa shape index (κ1) is 19.2. The third-order valence-corrected chi connectivity index (χ3v) is 4.96. The molecule has 2 aromatic rings. The van der Waals surface area contributed by atoms with Crippen molar-refractivity contribution in [2.75, 3.05) is 27.3 Å². The second-order valence-corrected chi connectivity index (χ2v) is 6.98. The van der Waals surface area contributed by atoms with Crippen molar-refractivity contribution in [3.05, 3.63) is 59.7 Å². The average Bonchev–Trinajstić information content (AvgIpc) is 2.69. The quantitative estimate of drug-likeness (QED) is 0.816.